The molecule has 2 rings (SSSR count). The van der Waals surface area contributed by atoms with Gasteiger partial charge in [0.25, 0.3) is 0 Å². The molecule has 0 unspecified atom stereocenters. The fourth-order valence-electron chi connectivity index (χ4n) is 1.41. The quantitative estimate of drug-likeness (QED) is 0.617. The van der Waals surface area contributed by atoms with Gasteiger partial charge in [-0.2, -0.15) is 8.42 Å². The van der Waals surface area contributed by atoms with Crippen LogP contribution in [0.15, 0.2) is 41.7 Å². The van der Waals surface area contributed by atoms with Crippen LogP contribution < -0.4 is 0 Å². The number of nitrogens with zero attached hydrogens (tertiary/aromatic N) is 3. The van der Waals surface area contributed by atoms with E-state index in [1.165, 1.54) is 12.1 Å². The summed E-state index contributed by atoms with van der Waals surface area (Å²) >= 11 is 0. The number of imidazole rings is 1. The molecule has 0 aliphatic heterocycles. The third-order valence-corrected chi connectivity index (χ3v) is 4.02. The highest BCUT2D eigenvalue weighted by atomic mass is 32.2. The SMILES string of the molecule is Cc1ccc(S(=O)(=O)n2cncc2[N+](=O)[O-])cc1. The second-order valence-corrected chi connectivity index (χ2v) is 5.44. The van der Waals surface area contributed by atoms with Crippen LogP contribution >= 0.6 is 0 Å². The molecule has 7 nitrogen and oxygen atoms in total. The van der Waals surface area contributed by atoms with E-state index in [9.17, 15) is 18.5 Å². The molecule has 0 radical (unpaired) electrons. The van der Waals surface area contributed by atoms with Crippen molar-refractivity contribution in [3.05, 3.63) is 52.5 Å². The number of rotatable bonds is 3. The van der Waals surface area contributed by atoms with E-state index >= 15 is 0 Å². The minimum atomic E-state index is -3.98. The standard InChI is InChI=1S/C10H9N3O4S/c1-8-2-4-9(5-3-8)18(16,17)12-7-11-6-10(12)13(14)15/h2-7H,1H3. The fraction of sp³-hybridized carbons (Fsp3) is 0.100. The molecule has 8 heteroatoms. The lowest BCUT2D eigenvalue weighted by molar-refractivity contribution is -0.390. The summed E-state index contributed by atoms with van der Waals surface area (Å²) in [6.07, 6.45) is 1.80. The molecule has 18 heavy (non-hydrogen) atoms. The van der Waals surface area contributed by atoms with E-state index in [4.69, 9.17) is 0 Å². The molecular weight excluding hydrogens is 258 g/mol. The van der Waals surface area contributed by atoms with Crippen molar-refractivity contribution in [3.63, 3.8) is 0 Å². The van der Waals surface area contributed by atoms with Crippen molar-refractivity contribution in [2.24, 2.45) is 0 Å². The van der Waals surface area contributed by atoms with Crippen LogP contribution in [0.1, 0.15) is 5.56 Å². The van der Waals surface area contributed by atoms with Gasteiger partial charge in [0.05, 0.1) is 0 Å². The Morgan fingerprint density at radius 3 is 2.44 bits per heavy atom. The van der Waals surface area contributed by atoms with Crippen LogP contribution in [0.25, 0.3) is 0 Å². The van der Waals surface area contributed by atoms with E-state index in [1.54, 1.807) is 12.1 Å². The van der Waals surface area contributed by atoms with Gasteiger partial charge in [-0.05, 0) is 24.0 Å². The summed E-state index contributed by atoms with van der Waals surface area (Å²) in [4.78, 5) is 13.4. The molecule has 0 saturated carbocycles. The topological polar surface area (TPSA) is 95.1 Å². The average molecular weight is 267 g/mol. The van der Waals surface area contributed by atoms with Gasteiger partial charge in [-0.3, -0.25) is 0 Å². The lowest BCUT2D eigenvalue weighted by atomic mass is 10.2. The maximum absolute atomic E-state index is 12.2. The van der Waals surface area contributed by atoms with E-state index < -0.39 is 20.8 Å². The number of aryl methyl sites for hydroxylation is 1. The Hall–Kier alpha value is -2.22. The highest BCUT2D eigenvalue weighted by Crippen LogP contribution is 2.20. The lowest BCUT2D eigenvalue weighted by Gasteiger charge is -2.02. The van der Waals surface area contributed by atoms with Crippen molar-refractivity contribution in [2.45, 2.75) is 11.8 Å². The molecule has 0 spiro atoms. The van der Waals surface area contributed by atoms with Gasteiger partial charge in [0.1, 0.15) is 11.1 Å². The predicted octanol–water partition coefficient (Wildman–Crippen LogP) is 1.34. The molecular formula is C10H9N3O4S. The molecule has 1 aromatic carbocycles. The summed E-state index contributed by atoms with van der Waals surface area (Å²) in [5.74, 6) is -0.587. The number of aromatic nitrogens is 2. The van der Waals surface area contributed by atoms with Crippen molar-refractivity contribution in [3.8, 4) is 0 Å². The minimum Gasteiger partial charge on any atom is -0.358 e. The van der Waals surface area contributed by atoms with Crippen molar-refractivity contribution < 1.29 is 13.3 Å². The molecule has 94 valence electrons. The first-order chi connectivity index (χ1) is 8.43. The van der Waals surface area contributed by atoms with Crippen LogP contribution in [0, 0.1) is 17.0 Å². The molecule has 0 aliphatic rings. The summed E-state index contributed by atoms with van der Waals surface area (Å²) in [5.41, 5.74) is 0.897. The number of hydrogen-bond acceptors (Lipinski definition) is 5. The van der Waals surface area contributed by atoms with E-state index in [-0.39, 0.29) is 4.90 Å². The van der Waals surface area contributed by atoms with Crippen LogP contribution in [-0.2, 0) is 10.0 Å². The molecule has 0 aliphatic carbocycles. The second-order valence-electron chi connectivity index (χ2n) is 3.62. The van der Waals surface area contributed by atoms with Crippen LogP contribution in [0.5, 0.6) is 0 Å². The zero-order valence-electron chi connectivity index (χ0n) is 9.35. The molecule has 0 atom stereocenters. The zero-order valence-corrected chi connectivity index (χ0v) is 10.2. The summed E-state index contributed by atoms with van der Waals surface area (Å²) in [7, 11) is -3.98. The summed E-state index contributed by atoms with van der Waals surface area (Å²) in [5, 5.41) is 10.7. The maximum Gasteiger partial charge on any atom is 0.358 e. The van der Waals surface area contributed by atoms with Gasteiger partial charge in [0, 0.05) is 0 Å². The summed E-state index contributed by atoms with van der Waals surface area (Å²) < 4.78 is 24.9. The molecule has 1 aromatic heterocycles. The van der Waals surface area contributed by atoms with Gasteiger partial charge < -0.3 is 10.1 Å². The fourth-order valence-corrected chi connectivity index (χ4v) is 2.66. The van der Waals surface area contributed by atoms with Crippen molar-refractivity contribution in [1.29, 1.82) is 0 Å². The van der Waals surface area contributed by atoms with Gasteiger partial charge in [-0.25, -0.2) is 4.98 Å². The highest BCUT2D eigenvalue weighted by molar-refractivity contribution is 7.90. The van der Waals surface area contributed by atoms with E-state index in [0.717, 1.165) is 18.1 Å². The maximum atomic E-state index is 12.2. The number of nitro groups is 1. The Labute approximate surface area is 103 Å². The van der Waals surface area contributed by atoms with Crippen molar-refractivity contribution in [1.82, 2.24) is 8.96 Å². The van der Waals surface area contributed by atoms with Crippen LogP contribution in [0.4, 0.5) is 5.82 Å². The predicted molar refractivity (Wildman–Crippen MR) is 62.6 cm³/mol. The van der Waals surface area contributed by atoms with Gasteiger partial charge in [0.2, 0.25) is 6.33 Å². The normalized spacial score (nSPS) is 11.4. The Morgan fingerprint density at radius 1 is 1.28 bits per heavy atom. The number of hydrogen-bond donors (Lipinski definition) is 0. The molecule has 0 fully saturated rings. The minimum absolute atomic E-state index is 0.0193. The third-order valence-electron chi connectivity index (χ3n) is 2.35. The van der Waals surface area contributed by atoms with Crippen LogP contribution in [-0.4, -0.2) is 22.3 Å². The summed E-state index contributed by atoms with van der Waals surface area (Å²) in [6, 6.07) is 6.04. The van der Waals surface area contributed by atoms with Gasteiger partial charge in [0.15, 0.2) is 0 Å². The molecule has 1 heterocycles. The van der Waals surface area contributed by atoms with E-state index in [2.05, 4.69) is 4.98 Å². The van der Waals surface area contributed by atoms with Gasteiger partial charge in [-0.15, -0.1) is 0 Å². The van der Waals surface area contributed by atoms with Crippen molar-refractivity contribution in [2.75, 3.05) is 0 Å². The monoisotopic (exact) mass is 267 g/mol. The molecule has 2 aromatic rings. The number of benzene rings is 1. The molecule has 0 N–H and O–H groups in total. The highest BCUT2D eigenvalue weighted by Gasteiger charge is 2.28. The van der Waals surface area contributed by atoms with Gasteiger partial charge >= 0.3 is 15.8 Å². The molecule has 0 saturated heterocycles. The first-order valence-electron chi connectivity index (χ1n) is 4.92. The smallest absolute Gasteiger partial charge is 0.358 e. The Balaban J connectivity index is 2.58. The third kappa shape index (κ3) is 1.97. The van der Waals surface area contributed by atoms with Crippen LogP contribution in [0.2, 0.25) is 0 Å². The Kier molecular flexibility index (Phi) is 2.87. The summed E-state index contributed by atoms with van der Waals surface area (Å²) in [6.45, 7) is 1.82. The zero-order chi connectivity index (χ0) is 13.3. The first kappa shape index (κ1) is 12.2. The van der Waals surface area contributed by atoms with E-state index in [1.807, 2.05) is 6.92 Å². The first-order valence-corrected chi connectivity index (χ1v) is 6.36. The molecule has 0 amide bonds. The average Bonchev–Trinajstić information content (AvgIpc) is 2.79. The largest absolute Gasteiger partial charge is 0.358 e. The van der Waals surface area contributed by atoms with E-state index in [0.29, 0.717) is 3.97 Å². The lowest BCUT2D eigenvalue weighted by Crippen LogP contribution is -2.14. The van der Waals surface area contributed by atoms with Gasteiger partial charge in [-0.1, -0.05) is 21.7 Å². The Morgan fingerprint density at radius 2 is 1.89 bits per heavy atom. The second kappa shape index (κ2) is 4.22. The Bertz CT molecular complexity index is 688. The van der Waals surface area contributed by atoms with Crippen molar-refractivity contribution >= 4 is 15.8 Å². The van der Waals surface area contributed by atoms with Crippen LogP contribution in [0.3, 0.4) is 0 Å². The molecule has 0 bridgehead atoms.